The van der Waals surface area contributed by atoms with Crippen molar-refractivity contribution in [1.82, 2.24) is 5.32 Å². The van der Waals surface area contributed by atoms with Crippen LogP contribution in [-0.4, -0.2) is 36.6 Å². The standard InChI is InChI=1S/C23H20Cl3F6NOS/c1-22(28,29)16(14-11-18(24)20(26)19(25)12-14)5-3-13-2-4-15(17(10-13)23(30,31)32)21(34)33-7-9-35-8-6-27/h2-5,10-12,16H,6-9H2,1H3,(H,33,34)/b5-3+. The molecule has 0 bridgehead atoms. The molecule has 0 saturated heterocycles. The Hall–Kier alpha value is -1.55. The largest absolute Gasteiger partial charge is 0.417 e. The summed E-state index contributed by atoms with van der Waals surface area (Å²) in [7, 11) is 0. The van der Waals surface area contributed by atoms with Gasteiger partial charge in [0.1, 0.15) is 0 Å². The van der Waals surface area contributed by atoms with E-state index in [1.165, 1.54) is 30.0 Å². The van der Waals surface area contributed by atoms with Gasteiger partial charge in [0.05, 0.1) is 38.8 Å². The van der Waals surface area contributed by atoms with Crippen LogP contribution in [0.5, 0.6) is 0 Å². The summed E-state index contributed by atoms with van der Waals surface area (Å²) in [5.41, 5.74) is -1.86. The molecule has 0 aliphatic carbocycles. The van der Waals surface area contributed by atoms with Crippen molar-refractivity contribution in [2.45, 2.75) is 24.9 Å². The van der Waals surface area contributed by atoms with Crippen LogP contribution in [0.2, 0.25) is 15.1 Å². The molecule has 0 fully saturated rings. The summed E-state index contributed by atoms with van der Waals surface area (Å²) in [6.07, 6.45) is -2.74. The maximum atomic E-state index is 14.3. The first kappa shape index (κ1) is 29.7. The molecule has 1 unspecified atom stereocenters. The molecule has 0 heterocycles. The third kappa shape index (κ3) is 8.51. The molecule has 2 rings (SSSR count). The number of benzene rings is 2. The Bertz CT molecular complexity index is 1050. The first-order valence-corrected chi connectivity index (χ1v) is 12.4. The first-order chi connectivity index (χ1) is 16.3. The molecule has 0 spiro atoms. The Balaban J connectivity index is 2.35. The summed E-state index contributed by atoms with van der Waals surface area (Å²) < 4.78 is 81.7. The second-order valence-corrected chi connectivity index (χ2v) is 9.87. The zero-order valence-corrected chi connectivity index (χ0v) is 21.2. The van der Waals surface area contributed by atoms with E-state index in [1.54, 1.807) is 0 Å². The molecule has 1 atom stereocenters. The van der Waals surface area contributed by atoms with E-state index >= 15 is 0 Å². The van der Waals surface area contributed by atoms with Gasteiger partial charge < -0.3 is 5.32 Å². The average molecular weight is 579 g/mol. The highest BCUT2D eigenvalue weighted by molar-refractivity contribution is 7.99. The van der Waals surface area contributed by atoms with Crippen LogP contribution in [0.4, 0.5) is 26.3 Å². The fourth-order valence-electron chi connectivity index (χ4n) is 3.12. The molecule has 192 valence electrons. The third-order valence-corrected chi connectivity index (χ3v) is 6.87. The minimum absolute atomic E-state index is 0.0103. The predicted molar refractivity (Wildman–Crippen MR) is 131 cm³/mol. The number of nitrogens with one attached hydrogen (secondary N) is 1. The molecule has 12 heteroatoms. The highest BCUT2D eigenvalue weighted by Crippen LogP contribution is 2.40. The fraction of sp³-hybridized carbons (Fsp3) is 0.348. The van der Waals surface area contributed by atoms with Gasteiger partial charge in [0.2, 0.25) is 0 Å². The number of hydrogen-bond acceptors (Lipinski definition) is 2. The van der Waals surface area contributed by atoms with Gasteiger partial charge in [-0.15, -0.1) is 0 Å². The van der Waals surface area contributed by atoms with E-state index in [-0.39, 0.29) is 38.5 Å². The van der Waals surface area contributed by atoms with Gasteiger partial charge >= 0.3 is 6.18 Å². The number of thioether (sulfide) groups is 1. The van der Waals surface area contributed by atoms with Gasteiger partial charge in [0.25, 0.3) is 11.8 Å². The lowest BCUT2D eigenvalue weighted by atomic mass is 9.92. The number of alkyl halides is 6. The smallest absolute Gasteiger partial charge is 0.351 e. The number of hydrogen-bond donors (Lipinski definition) is 1. The summed E-state index contributed by atoms with van der Waals surface area (Å²) in [6.45, 7) is 0.162. The second kappa shape index (κ2) is 12.6. The Morgan fingerprint density at radius 1 is 1.06 bits per heavy atom. The molecular weight excluding hydrogens is 559 g/mol. The molecule has 0 aromatic heterocycles. The summed E-state index contributed by atoms with van der Waals surface area (Å²) in [5.74, 6) is -5.28. The van der Waals surface area contributed by atoms with Crippen LogP contribution in [0.1, 0.15) is 39.9 Å². The Morgan fingerprint density at radius 2 is 1.69 bits per heavy atom. The molecule has 2 aromatic carbocycles. The van der Waals surface area contributed by atoms with Crippen LogP contribution in [0, 0.1) is 0 Å². The van der Waals surface area contributed by atoms with E-state index in [4.69, 9.17) is 34.8 Å². The Kier molecular flexibility index (Phi) is 10.7. The summed E-state index contributed by atoms with van der Waals surface area (Å²) in [5, 5.41) is 2.26. The molecule has 1 N–H and O–H groups in total. The molecule has 1 amide bonds. The fourth-order valence-corrected chi connectivity index (χ4v) is 4.29. The number of rotatable bonds is 10. The molecule has 0 radical (unpaired) electrons. The third-order valence-electron chi connectivity index (χ3n) is 4.74. The van der Waals surface area contributed by atoms with E-state index in [2.05, 4.69) is 5.32 Å². The highest BCUT2D eigenvalue weighted by Gasteiger charge is 2.36. The summed E-state index contributed by atoms with van der Waals surface area (Å²) in [4.78, 5) is 12.3. The van der Waals surface area contributed by atoms with Crippen molar-refractivity contribution >= 4 is 58.5 Å². The van der Waals surface area contributed by atoms with Gasteiger partial charge in [-0.05, 0) is 35.4 Å². The summed E-state index contributed by atoms with van der Waals surface area (Å²) in [6, 6.07) is 5.31. The minimum atomic E-state index is -4.87. The van der Waals surface area contributed by atoms with Crippen molar-refractivity contribution in [3.05, 3.63) is 73.7 Å². The van der Waals surface area contributed by atoms with Crippen molar-refractivity contribution in [3.63, 3.8) is 0 Å². The van der Waals surface area contributed by atoms with Crippen LogP contribution >= 0.6 is 46.6 Å². The SMILES string of the molecule is CC(F)(F)C(/C=C/c1ccc(C(=O)NCCSCCF)c(C(F)(F)F)c1)c1cc(Cl)c(Cl)c(Cl)c1. The zero-order valence-electron chi connectivity index (χ0n) is 18.2. The van der Waals surface area contributed by atoms with Gasteiger partial charge in [-0.2, -0.15) is 24.9 Å². The maximum absolute atomic E-state index is 14.3. The summed E-state index contributed by atoms with van der Waals surface area (Å²) >= 11 is 19.0. The van der Waals surface area contributed by atoms with Gasteiger partial charge in [-0.1, -0.05) is 53.0 Å². The first-order valence-electron chi connectivity index (χ1n) is 10.1. The number of allylic oxidation sites excluding steroid dienone is 1. The van der Waals surface area contributed by atoms with Crippen molar-refractivity contribution in [2.75, 3.05) is 24.7 Å². The van der Waals surface area contributed by atoms with Gasteiger partial charge in [0, 0.05) is 25.0 Å². The van der Waals surface area contributed by atoms with Gasteiger partial charge in [0.15, 0.2) is 0 Å². The lowest BCUT2D eigenvalue weighted by Crippen LogP contribution is -2.28. The van der Waals surface area contributed by atoms with E-state index in [9.17, 15) is 31.1 Å². The topological polar surface area (TPSA) is 29.1 Å². The second-order valence-electron chi connectivity index (χ2n) is 7.45. The molecule has 0 aliphatic heterocycles. The molecular formula is C23H20Cl3F6NOS. The van der Waals surface area contributed by atoms with Gasteiger partial charge in [-0.3, -0.25) is 9.18 Å². The van der Waals surface area contributed by atoms with Crippen molar-refractivity contribution in [1.29, 1.82) is 0 Å². The lowest BCUT2D eigenvalue weighted by molar-refractivity contribution is -0.137. The normalized spacial score (nSPS) is 13.3. The molecule has 35 heavy (non-hydrogen) atoms. The molecule has 2 aromatic rings. The monoisotopic (exact) mass is 577 g/mol. The van der Waals surface area contributed by atoms with Crippen LogP contribution in [0.15, 0.2) is 36.4 Å². The van der Waals surface area contributed by atoms with Crippen LogP contribution in [-0.2, 0) is 6.18 Å². The van der Waals surface area contributed by atoms with E-state index in [0.717, 1.165) is 18.2 Å². The minimum Gasteiger partial charge on any atom is -0.351 e. The highest BCUT2D eigenvalue weighted by atomic mass is 35.5. The zero-order chi connectivity index (χ0) is 26.4. The average Bonchev–Trinajstić information content (AvgIpc) is 2.75. The lowest BCUT2D eigenvalue weighted by Gasteiger charge is -2.22. The number of carbonyl (C=O) groups is 1. The van der Waals surface area contributed by atoms with Gasteiger partial charge in [-0.25, -0.2) is 8.78 Å². The van der Waals surface area contributed by atoms with Crippen LogP contribution in [0.25, 0.3) is 6.08 Å². The van der Waals surface area contributed by atoms with Crippen LogP contribution < -0.4 is 5.32 Å². The molecule has 2 nitrogen and oxygen atoms in total. The van der Waals surface area contributed by atoms with E-state index in [1.807, 2.05) is 0 Å². The number of amides is 1. The molecule has 0 saturated carbocycles. The van der Waals surface area contributed by atoms with Crippen LogP contribution in [0.3, 0.4) is 0 Å². The quantitative estimate of drug-likeness (QED) is 0.174. The van der Waals surface area contributed by atoms with Crippen molar-refractivity contribution in [2.24, 2.45) is 0 Å². The van der Waals surface area contributed by atoms with E-state index in [0.29, 0.717) is 18.7 Å². The van der Waals surface area contributed by atoms with Crippen molar-refractivity contribution in [3.8, 4) is 0 Å². The Morgan fingerprint density at radius 3 is 2.23 bits per heavy atom. The van der Waals surface area contributed by atoms with Crippen molar-refractivity contribution < 1.29 is 31.1 Å². The maximum Gasteiger partial charge on any atom is 0.417 e. The number of carbonyl (C=O) groups excluding carboxylic acids is 1. The molecule has 0 aliphatic rings. The number of halogens is 9. The van der Waals surface area contributed by atoms with E-state index < -0.39 is 41.7 Å². The predicted octanol–water partition coefficient (Wildman–Crippen LogP) is 8.55. The Labute approximate surface area is 218 Å².